The Morgan fingerprint density at radius 3 is 2.69 bits per heavy atom. The summed E-state index contributed by atoms with van der Waals surface area (Å²) >= 11 is 0. The SMILES string of the molecule is Nc1cccc2c3c([nH]c12)CCCCCC3. The van der Waals surface area contributed by atoms with Gasteiger partial charge in [0, 0.05) is 11.1 Å². The first-order valence-corrected chi connectivity index (χ1v) is 6.24. The molecule has 3 N–H and O–H groups in total. The number of aryl methyl sites for hydroxylation is 2. The van der Waals surface area contributed by atoms with Gasteiger partial charge in [0.05, 0.1) is 11.2 Å². The van der Waals surface area contributed by atoms with E-state index in [1.165, 1.54) is 55.2 Å². The Labute approximate surface area is 95.8 Å². The fourth-order valence-electron chi connectivity index (χ4n) is 2.81. The lowest BCUT2D eigenvalue weighted by Crippen LogP contribution is -1.97. The van der Waals surface area contributed by atoms with Crippen LogP contribution in [0.2, 0.25) is 0 Å². The Morgan fingerprint density at radius 2 is 1.81 bits per heavy atom. The molecule has 0 unspecified atom stereocenters. The number of hydrogen-bond donors (Lipinski definition) is 2. The predicted molar refractivity (Wildman–Crippen MR) is 68.6 cm³/mol. The van der Waals surface area contributed by atoms with Crippen LogP contribution in [0.5, 0.6) is 0 Å². The number of nitrogens with one attached hydrogen (secondary N) is 1. The lowest BCUT2D eigenvalue weighted by molar-refractivity contribution is 0.614. The van der Waals surface area contributed by atoms with Crippen LogP contribution in [0.15, 0.2) is 18.2 Å². The standard InChI is InChI=1S/C14H18N2/c15-12-8-5-7-11-10-6-3-1-2-4-9-13(10)16-14(11)12/h5,7-8,16H,1-4,6,9,15H2. The average Bonchev–Trinajstić information content (AvgIpc) is 2.57. The van der Waals surface area contributed by atoms with Gasteiger partial charge in [-0.25, -0.2) is 0 Å². The number of fused-ring (bicyclic) bond motifs is 3. The summed E-state index contributed by atoms with van der Waals surface area (Å²) in [6.07, 6.45) is 7.75. The Kier molecular flexibility index (Phi) is 2.35. The highest BCUT2D eigenvalue weighted by Gasteiger charge is 2.13. The van der Waals surface area contributed by atoms with Crippen molar-refractivity contribution in [3.05, 3.63) is 29.5 Å². The van der Waals surface area contributed by atoms with Gasteiger partial charge in [-0.1, -0.05) is 25.0 Å². The van der Waals surface area contributed by atoms with Crippen LogP contribution in [0.1, 0.15) is 36.9 Å². The zero-order valence-corrected chi connectivity index (χ0v) is 9.55. The first-order valence-electron chi connectivity index (χ1n) is 6.24. The fraction of sp³-hybridized carbons (Fsp3) is 0.429. The number of aromatic amines is 1. The van der Waals surface area contributed by atoms with Gasteiger partial charge in [-0.15, -0.1) is 0 Å². The topological polar surface area (TPSA) is 41.8 Å². The third-order valence-electron chi connectivity index (χ3n) is 3.67. The van der Waals surface area contributed by atoms with E-state index in [4.69, 9.17) is 5.73 Å². The van der Waals surface area contributed by atoms with Gasteiger partial charge >= 0.3 is 0 Å². The van der Waals surface area contributed by atoms with E-state index < -0.39 is 0 Å². The molecule has 3 rings (SSSR count). The highest BCUT2D eigenvalue weighted by atomic mass is 14.8. The second-order valence-electron chi connectivity index (χ2n) is 4.77. The van der Waals surface area contributed by atoms with Crippen LogP contribution in [-0.2, 0) is 12.8 Å². The van der Waals surface area contributed by atoms with E-state index in [0.717, 1.165) is 11.2 Å². The summed E-state index contributed by atoms with van der Waals surface area (Å²) in [5.74, 6) is 0. The number of aromatic nitrogens is 1. The Balaban J connectivity index is 2.20. The first-order chi connectivity index (χ1) is 7.86. The molecule has 2 nitrogen and oxygen atoms in total. The van der Waals surface area contributed by atoms with Crippen molar-refractivity contribution in [3.8, 4) is 0 Å². The van der Waals surface area contributed by atoms with E-state index in [-0.39, 0.29) is 0 Å². The quantitative estimate of drug-likeness (QED) is 0.648. The van der Waals surface area contributed by atoms with Crippen molar-refractivity contribution in [2.24, 2.45) is 0 Å². The lowest BCUT2D eigenvalue weighted by Gasteiger charge is -2.09. The monoisotopic (exact) mass is 214 g/mol. The average molecular weight is 214 g/mol. The molecule has 1 aromatic heterocycles. The van der Waals surface area contributed by atoms with Crippen molar-refractivity contribution >= 4 is 16.6 Å². The van der Waals surface area contributed by atoms with Gasteiger partial charge < -0.3 is 10.7 Å². The number of rotatable bonds is 0. The second-order valence-corrected chi connectivity index (χ2v) is 4.77. The maximum atomic E-state index is 6.02. The van der Waals surface area contributed by atoms with Gasteiger partial charge in [-0.3, -0.25) is 0 Å². The smallest absolute Gasteiger partial charge is 0.0692 e. The molecule has 0 saturated heterocycles. The highest BCUT2D eigenvalue weighted by Crippen LogP contribution is 2.30. The van der Waals surface area contributed by atoms with E-state index in [0.29, 0.717) is 0 Å². The van der Waals surface area contributed by atoms with Gasteiger partial charge in [0.25, 0.3) is 0 Å². The maximum absolute atomic E-state index is 6.02. The summed E-state index contributed by atoms with van der Waals surface area (Å²) in [4.78, 5) is 3.53. The van der Waals surface area contributed by atoms with Crippen LogP contribution in [0.4, 0.5) is 5.69 Å². The maximum Gasteiger partial charge on any atom is 0.0692 e. The molecule has 0 radical (unpaired) electrons. The molecule has 0 spiro atoms. The number of H-pyrrole nitrogens is 1. The largest absolute Gasteiger partial charge is 0.397 e. The summed E-state index contributed by atoms with van der Waals surface area (Å²) < 4.78 is 0. The van der Waals surface area contributed by atoms with Crippen molar-refractivity contribution in [3.63, 3.8) is 0 Å². The van der Waals surface area contributed by atoms with Gasteiger partial charge in [0.2, 0.25) is 0 Å². The number of hydrogen-bond acceptors (Lipinski definition) is 1. The van der Waals surface area contributed by atoms with Crippen molar-refractivity contribution in [2.75, 3.05) is 5.73 Å². The van der Waals surface area contributed by atoms with Gasteiger partial charge in [-0.05, 0) is 37.3 Å². The van der Waals surface area contributed by atoms with Gasteiger partial charge in [0.1, 0.15) is 0 Å². The highest BCUT2D eigenvalue weighted by molar-refractivity contribution is 5.93. The zero-order valence-electron chi connectivity index (χ0n) is 9.55. The molecule has 2 aromatic rings. The minimum Gasteiger partial charge on any atom is -0.397 e. The molecule has 0 bridgehead atoms. The normalized spacial score (nSPS) is 16.8. The number of benzene rings is 1. The van der Waals surface area contributed by atoms with Crippen LogP contribution in [0.3, 0.4) is 0 Å². The Bertz CT molecular complexity index is 511. The molecule has 84 valence electrons. The molecule has 2 heteroatoms. The summed E-state index contributed by atoms with van der Waals surface area (Å²) in [5.41, 5.74) is 11.0. The van der Waals surface area contributed by atoms with Crippen LogP contribution < -0.4 is 5.73 Å². The molecular weight excluding hydrogens is 196 g/mol. The molecule has 16 heavy (non-hydrogen) atoms. The van der Waals surface area contributed by atoms with Crippen LogP contribution >= 0.6 is 0 Å². The molecule has 0 aliphatic heterocycles. The summed E-state index contributed by atoms with van der Waals surface area (Å²) in [6, 6.07) is 6.24. The molecule has 0 fully saturated rings. The summed E-state index contributed by atoms with van der Waals surface area (Å²) in [6.45, 7) is 0. The van der Waals surface area contributed by atoms with E-state index >= 15 is 0 Å². The van der Waals surface area contributed by atoms with E-state index in [1.807, 2.05) is 6.07 Å². The molecule has 0 amide bonds. The van der Waals surface area contributed by atoms with Crippen LogP contribution in [-0.4, -0.2) is 4.98 Å². The molecule has 1 heterocycles. The Hall–Kier alpha value is -1.44. The third-order valence-corrected chi connectivity index (χ3v) is 3.67. The molecule has 1 aromatic carbocycles. The van der Waals surface area contributed by atoms with Crippen LogP contribution in [0, 0.1) is 0 Å². The molecular formula is C14H18N2. The van der Waals surface area contributed by atoms with E-state index in [9.17, 15) is 0 Å². The first kappa shape index (κ1) is 9.76. The second kappa shape index (κ2) is 3.85. The molecule has 1 aliphatic carbocycles. The minimum absolute atomic E-state index is 0.879. The number of nitrogens with two attached hydrogens (primary N) is 1. The van der Waals surface area contributed by atoms with Gasteiger partial charge in [0.15, 0.2) is 0 Å². The molecule has 1 aliphatic rings. The number of nitrogen functional groups attached to an aromatic ring is 1. The lowest BCUT2D eigenvalue weighted by atomic mass is 9.97. The van der Waals surface area contributed by atoms with Crippen molar-refractivity contribution in [2.45, 2.75) is 38.5 Å². The van der Waals surface area contributed by atoms with Crippen molar-refractivity contribution < 1.29 is 0 Å². The third kappa shape index (κ3) is 1.49. The fourth-order valence-corrected chi connectivity index (χ4v) is 2.81. The van der Waals surface area contributed by atoms with E-state index in [1.54, 1.807) is 0 Å². The summed E-state index contributed by atoms with van der Waals surface area (Å²) in [7, 11) is 0. The number of para-hydroxylation sites is 1. The van der Waals surface area contributed by atoms with Gasteiger partial charge in [-0.2, -0.15) is 0 Å². The van der Waals surface area contributed by atoms with Crippen molar-refractivity contribution in [1.29, 1.82) is 0 Å². The van der Waals surface area contributed by atoms with Crippen LogP contribution in [0.25, 0.3) is 10.9 Å². The number of anilines is 1. The minimum atomic E-state index is 0.879. The molecule has 0 saturated carbocycles. The van der Waals surface area contributed by atoms with Crippen molar-refractivity contribution in [1.82, 2.24) is 4.98 Å². The zero-order chi connectivity index (χ0) is 11.0. The molecule has 0 atom stereocenters. The Morgan fingerprint density at radius 1 is 1.00 bits per heavy atom. The predicted octanol–water partition coefficient (Wildman–Crippen LogP) is 3.41. The van der Waals surface area contributed by atoms with E-state index in [2.05, 4.69) is 17.1 Å². The summed E-state index contributed by atoms with van der Waals surface area (Å²) in [5, 5.41) is 1.34.